The second-order valence-electron chi connectivity index (χ2n) is 5.51. The average Bonchev–Trinajstić information content (AvgIpc) is 3.25. The van der Waals surface area contributed by atoms with Crippen molar-refractivity contribution in [3.8, 4) is 0 Å². The van der Waals surface area contributed by atoms with Crippen LogP contribution >= 0.6 is 11.6 Å². The first kappa shape index (κ1) is 15.6. The van der Waals surface area contributed by atoms with E-state index in [1.54, 1.807) is 0 Å². The average molecular weight is 297 g/mol. The molecule has 0 amide bonds. The monoisotopic (exact) mass is 296 g/mol. The van der Waals surface area contributed by atoms with Crippen LogP contribution in [0.1, 0.15) is 25.3 Å². The van der Waals surface area contributed by atoms with Crippen molar-refractivity contribution in [2.75, 3.05) is 38.3 Å². The Balaban J connectivity index is 1.79. The van der Waals surface area contributed by atoms with Crippen molar-refractivity contribution in [3.63, 3.8) is 0 Å². The SMILES string of the molecule is CCNCc1ccc(N(C)CCOCC2CC2)c(Cl)c1. The fraction of sp³-hybridized carbons (Fsp3) is 0.625. The largest absolute Gasteiger partial charge is 0.379 e. The molecule has 3 nitrogen and oxygen atoms in total. The van der Waals surface area contributed by atoms with Crippen LogP contribution in [-0.2, 0) is 11.3 Å². The Bertz CT molecular complexity index is 421. The van der Waals surface area contributed by atoms with Gasteiger partial charge < -0.3 is 15.0 Å². The van der Waals surface area contributed by atoms with Crippen molar-refractivity contribution in [2.45, 2.75) is 26.3 Å². The third kappa shape index (κ3) is 4.97. The van der Waals surface area contributed by atoms with Crippen LogP contribution in [0.4, 0.5) is 5.69 Å². The van der Waals surface area contributed by atoms with E-state index in [2.05, 4.69) is 36.3 Å². The van der Waals surface area contributed by atoms with Crippen LogP contribution in [0.2, 0.25) is 5.02 Å². The van der Waals surface area contributed by atoms with Gasteiger partial charge in [0.2, 0.25) is 0 Å². The second-order valence-corrected chi connectivity index (χ2v) is 5.91. The first-order valence-corrected chi connectivity index (χ1v) is 7.86. The molecule has 2 rings (SSSR count). The smallest absolute Gasteiger partial charge is 0.0642 e. The van der Waals surface area contributed by atoms with Crippen molar-refractivity contribution in [1.82, 2.24) is 5.32 Å². The highest BCUT2D eigenvalue weighted by Gasteiger charge is 2.21. The number of halogens is 1. The summed E-state index contributed by atoms with van der Waals surface area (Å²) in [7, 11) is 2.06. The molecule has 1 aliphatic carbocycles. The van der Waals surface area contributed by atoms with Gasteiger partial charge in [-0.3, -0.25) is 0 Å². The summed E-state index contributed by atoms with van der Waals surface area (Å²) in [4.78, 5) is 2.16. The maximum Gasteiger partial charge on any atom is 0.0642 e. The van der Waals surface area contributed by atoms with E-state index in [1.807, 2.05) is 6.07 Å². The summed E-state index contributed by atoms with van der Waals surface area (Å²) in [6, 6.07) is 6.27. The lowest BCUT2D eigenvalue weighted by molar-refractivity contribution is 0.131. The minimum absolute atomic E-state index is 0.766. The molecule has 0 aliphatic heterocycles. The third-order valence-electron chi connectivity index (χ3n) is 3.62. The number of anilines is 1. The summed E-state index contributed by atoms with van der Waals surface area (Å²) >= 11 is 6.37. The van der Waals surface area contributed by atoms with Crippen molar-refractivity contribution in [3.05, 3.63) is 28.8 Å². The fourth-order valence-electron chi connectivity index (χ4n) is 2.10. The van der Waals surface area contributed by atoms with Gasteiger partial charge in [0.05, 0.1) is 17.3 Å². The Morgan fingerprint density at radius 2 is 2.20 bits per heavy atom. The number of benzene rings is 1. The molecular formula is C16H25ClN2O. The zero-order valence-electron chi connectivity index (χ0n) is 12.5. The minimum Gasteiger partial charge on any atom is -0.379 e. The van der Waals surface area contributed by atoms with Gasteiger partial charge in [-0.05, 0) is 43.0 Å². The Morgan fingerprint density at radius 1 is 1.40 bits per heavy atom. The maximum absolute atomic E-state index is 6.37. The van der Waals surface area contributed by atoms with Gasteiger partial charge in [0.15, 0.2) is 0 Å². The number of nitrogens with zero attached hydrogens (tertiary/aromatic N) is 1. The number of likely N-dealkylation sites (N-methyl/N-ethyl adjacent to an activating group) is 1. The quantitative estimate of drug-likeness (QED) is 0.708. The van der Waals surface area contributed by atoms with Gasteiger partial charge in [-0.15, -0.1) is 0 Å². The fourth-order valence-corrected chi connectivity index (χ4v) is 2.44. The second kappa shape index (κ2) is 7.87. The molecule has 0 saturated heterocycles. The van der Waals surface area contributed by atoms with Gasteiger partial charge in [-0.2, -0.15) is 0 Å². The predicted octanol–water partition coefficient (Wildman–Crippen LogP) is 3.31. The van der Waals surface area contributed by atoms with Gasteiger partial charge in [-0.25, -0.2) is 0 Å². The molecule has 0 atom stereocenters. The molecule has 0 unspecified atom stereocenters. The summed E-state index contributed by atoms with van der Waals surface area (Å²) in [6.07, 6.45) is 2.68. The Kier molecular flexibility index (Phi) is 6.14. The molecule has 0 spiro atoms. The Morgan fingerprint density at radius 3 is 2.85 bits per heavy atom. The molecule has 0 heterocycles. The van der Waals surface area contributed by atoms with Gasteiger partial charge in [0, 0.05) is 26.7 Å². The highest BCUT2D eigenvalue weighted by molar-refractivity contribution is 6.33. The van der Waals surface area contributed by atoms with E-state index in [0.29, 0.717) is 0 Å². The van der Waals surface area contributed by atoms with Crippen LogP contribution in [0, 0.1) is 5.92 Å². The molecule has 1 aromatic carbocycles. The Hall–Kier alpha value is -0.770. The zero-order chi connectivity index (χ0) is 14.4. The van der Waals surface area contributed by atoms with Crippen LogP contribution in [0.5, 0.6) is 0 Å². The summed E-state index contributed by atoms with van der Waals surface area (Å²) in [5.74, 6) is 0.828. The number of nitrogens with one attached hydrogen (secondary N) is 1. The predicted molar refractivity (Wildman–Crippen MR) is 85.6 cm³/mol. The molecule has 1 N–H and O–H groups in total. The van der Waals surface area contributed by atoms with Gasteiger partial charge in [0.25, 0.3) is 0 Å². The maximum atomic E-state index is 6.37. The molecule has 112 valence electrons. The number of hydrogen-bond donors (Lipinski definition) is 1. The van der Waals surface area contributed by atoms with Crippen LogP contribution < -0.4 is 10.2 Å². The Labute approximate surface area is 127 Å². The third-order valence-corrected chi connectivity index (χ3v) is 3.93. The van der Waals surface area contributed by atoms with E-state index >= 15 is 0 Å². The van der Waals surface area contributed by atoms with Crippen molar-refractivity contribution < 1.29 is 4.74 Å². The number of ether oxygens (including phenoxy) is 1. The summed E-state index contributed by atoms with van der Waals surface area (Å²) in [6.45, 7) is 6.50. The van der Waals surface area contributed by atoms with Crippen molar-refractivity contribution in [1.29, 1.82) is 0 Å². The lowest BCUT2D eigenvalue weighted by Crippen LogP contribution is -2.23. The number of hydrogen-bond acceptors (Lipinski definition) is 3. The van der Waals surface area contributed by atoms with Crippen molar-refractivity contribution in [2.24, 2.45) is 5.92 Å². The molecule has 0 radical (unpaired) electrons. The molecule has 4 heteroatoms. The first-order chi connectivity index (χ1) is 9.70. The van der Waals surface area contributed by atoms with E-state index in [9.17, 15) is 0 Å². The molecule has 0 aromatic heterocycles. The van der Waals surface area contributed by atoms with Gasteiger partial charge in [-0.1, -0.05) is 24.6 Å². The lowest BCUT2D eigenvalue weighted by atomic mass is 10.2. The molecule has 20 heavy (non-hydrogen) atoms. The van der Waals surface area contributed by atoms with E-state index in [4.69, 9.17) is 16.3 Å². The summed E-state index contributed by atoms with van der Waals surface area (Å²) in [5, 5.41) is 4.12. The molecule has 0 bridgehead atoms. The van der Waals surface area contributed by atoms with E-state index in [-0.39, 0.29) is 0 Å². The normalized spacial score (nSPS) is 14.6. The molecular weight excluding hydrogens is 272 g/mol. The minimum atomic E-state index is 0.766. The summed E-state index contributed by atoms with van der Waals surface area (Å²) in [5.41, 5.74) is 2.29. The van der Waals surface area contributed by atoms with Crippen LogP contribution in [0.15, 0.2) is 18.2 Å². The molecule has 1 saturated carbocycles. The van der Waals surface area contributed by atoms with Crippen molar-refractivity contribution >= 4 is 17.3 Å². The van der Waals surface area contributed by atoms with Gasteiger partial charge in [0.1, 0.15) is 0 Å². The number of rotatable bonds is 9. The van der Waals surface area contributed by atoms with Gasteiger partial charge >= 0.3 is 0 Å². The lowest BCUT2D eigenvalue weighted by Gasteiger charge is -2.21. The standard InChI is InChI=1S/C16H25ClN2O/c1-3-18-11-14-6-7-16(15(17)10-14)19(2)8-9-20-12-13-4-5-13/h6-7,10,13,18H,3-5,8-9,11-12H2,1-2H3. The van der Waals surface area contributed by atoms with E-state index < -0.39 is 0 Å². The summed E-state index contributed by atoms with van der Waals surface area (Å²) < 4.78 is 5.67. The van der Waals surface area contributed by atoms with E-state index in [0.717, 1.165) is 49.5 Å². The van der Waals surface area contributed by atoms with Crippen LogP contribution in [0.25, 0.3) is 0 Å². The molecule has 1 aliphatic rings. The topological polar surface area (TPSA) is 24.5 Å². The molecule has 1 fully saturated rings. The first-order valence-electron chi connectivity index (χ1n) is 7.48. The van der Waals surface area contributed by atoms with E-state index in [1.165, 1.54) is 18.4 Å². The molecule has 1 aromatic rings. The van der Waals surface area contributed by atoms with Crippen LogP contribution in [0.3, 0.4) is 0 Å². The van der Waals surface area contributed by atoms with Crippen LogP contribution in [-0.4, -0.2) is 33.4 Å². The highest BCUT2D eigenvalue weighted by Crippen LogP contribution is 2.29. The highest BCUT2D eigenvalue weighted by atomic mass is 35.5. The zero-order valence-corrected chi connectivity index (χ0v) is 13.2.